The summed E-state index contributed by atoms with van der Waals surface area (Å²) < 4.78 is 0. The molecule has 0 radical (unpaired) electrons. The summed E-state index contributed by atoms with van der Waals surface area (Å²) in [6.07, 6.45) is 4.20. The highest BCUT2D eigenvalue weighted by Gasteiger charge is 1.86. The molecule has 0 aliphatic heterocycles. The second kappa shape index (κ2) is 22.1. The molecule has 1 aromatic carbocycles. The van der Waals surface area contributed by atoms with Gasteiger partial charge in [-0.05, 0) is 37.6 Å². The molecule has 1 aromatic rings. The highest BCUT2D eigenvalue weighted by Crippen LogP contribution is 2.05. The van der Waals surface area contributed by atoms with Crippen molar-refractivity contribution in [2.75, 3.05) is 13.6 Å². The molecule has 0 amide bonds. The van der Waals surface area contributed by atoms with Crippen molar-refractivity contribution in [1.82, 2.24) is 5.32 Å². The molecule has 1 heteroatoms. The van der Waals surface area contributed by atoms with Gasteiger partial charge in [-0.3, -0.25) is 0 Å². The SMILES string of the molecule is C=Cc1ccc(CC)cc1.CC.CC.CCCNC. The van der Waals surface area contributed by atoms with E-state index >= 15 is 0 Å². The Morgan fingerprint density at radius 2 is 1.47 bits per heavy atom. The molecule has 0 unspecified atom stereocenters. The van der Waals surface area contributed by atoms with Crippen LogP contribution in [0.3, 0.4) is 0 Å². The van der Waals surface area contributed by atoms with E-state index in [2.05, 4.69) is 50.0 Å². The van der Waals surface area contributed by atoms with E-state index in [9.17, 15) is 0 Å². The first-order chi connectivity index (χ1) is 9.28. The van der Waals surface area contributed by atoms with Gasteiger partial charge < -0.3 is 5.32 Å². The number of benzene rings is 1. The predicted molar refractivity (Wildman–Crippen MR) is 92.8 cm³/mol. The number of aryl methyl sites for hydroxylation is 1. The summed E-state index contributed by atoms with van der Waals surface area (Å²) in [5.74, 6) is 0. The van der Waals surface area contributed by atoms with Crippen molar-refractivity contribution < 1.29 is 0 Å². The Balaban J connectivity index is -0.000000242. The Morgan fingerprint density at radius 1 is 1.00 bits per heavy atom. The Kier molecular flexibility index (Phi) is 26.8. The Morgan fingerprint density at radius 3 is 1.68 bits per heavy atom. The van der Waals surface area contributed by atoms with Gasteiger partial charge in [-0.15, -0.1) is 0 Å². The maximum absolute atomic E-state index is 3.69. The number of rotatable bonds is 4. The molecular formula is C18H35N. The van der Waals surface area contributed by atoms with Crippen LogP contribution < -0.4 is 5.32 Å². The van der Waals surface area contributed by atoms with E-state index in [1.807, 2.05) is 40.8 Å². The van der Waals surface area contributed by atoms with Crippen LogP contribution in [0.4, 0.5) is 0 Å². The smallest absolute Gasteiger partial charge is 0.00546 e. The third-order valence-electron chi connectivity index (χ3n) is 2.12. The van der Waals surface area contributed by atoms with Gasteiger partial charge in [-0.2, -0.15) is 0 Å². The average molecular weight is 265 g/mol. The average Bonchev–Trinajstić information content (AvgIpc) is 2.53. The fraction of sp³-hybridized carbons (Fsp3) is 0.556. The Bertz CT molecular complexity index is 247. The predicted octanol–water partition coefficient (Wildman–Crippen LogP) is 5.56. The minimum atomic E-state index is 1.11. The molecule has 0 heterocycles. The molecular weight excluding hydrogens is 230 g/mol. The first-order valence-electron chi connectivity index (χ1n) is 7.64. The molecule has 0 aliphatic carbocycles. The van der Waals surface area contributed by atoms with Crippen LogP contribution in [0, 0.1) is 0 Å². The highest BCUT2D eigenvalue weighted by molar-refractivity contribution is 5.47. The van der Waals surface area contributed by atoms with Crippen LogP contribution in [0.15, 0.2) is 30.8 Å². The lowest BCUT2D eigenvalue weighted by molar-refractivity contribution is 0.772. The van der Waals surface area contributed by atoms with Crippen molar-refractivity contribution in [3.05, 3.63) is 42.0 Å². The zero-order valence-electron chi connectivity index (χ0n) is 14.2. The normalized spacial score (nSPS) is 7.74. The zero-order valence-corrected chi connectivity index (χ0v) is 14.2. The maximum atomic E-state index is 3.69. The van der Waals surface area contributed by atoms with Gasteiger partial charge in [0.25, 0.3) is 0 Å². The van der Waals surface area contributed by atoms with Gasteiger partial charge in [0.05, 0.1) is 0 Å². The lowest BCUT2D eigenvalue weighted by Gasteiger charge is -1.95. The van der Waals surface area contributed by atoms with Crippen LogP contribution in [0.5, 0.6) is 0 Å². The van der Waals surface area contributed by atoms with Crippen LogP contribution in [-0.2, 0) is 6.42 Å². The van der Waals surface area contributed by atoms with Gasteiger partial charge in [0.2, 0.25) is 0 Å². The van der Waals surface area contributed by atoms with E-state index in [4.69, 9.17) is 0 Å². The monoisotopic (exact) mass is 265 g/mol. The van der Waals surface area contributed by atoms with E-state index in [1.165, 1.54) is 17.5 Å². The quantitative estimate of drug-likeness (QED) is 0.751. The highest BCUT2D eigenvalue weighted by atomic mass is 14.8. The second-order valence-electron chi connectivity index (χ2n) is 3.40. The topological polar surface area (TPSA) is 12.0 Å². The number of hydrogen-bond acceptors (Lipinski definition) is 1. The molecule has 19 heavy (non-hydrogen) atoms. The van der Waals surface area contributed by atoms with Crippen molar-refractivity contribution in [3.63, 3.8) is 0 Å². The molecule has 0 aliphatic rings. The van der Waals surface area contributed by atoms with Crippen molar-refractivity contribution in [2.45, 2.75) is 54.4 Å². The summed E-state index contributed by atoms with van der Waals surface area (Å²) in [5.41, 5.74) is 2.57. The first kappa shape index (κ1) is 23.0. The molecule has 0 spiro atoms. The maximum Gasteiger partial charge on any atom is -0.00546 e. The van der Waals surface area contributed by atoms with E-state index in [-0.39, 0.29) is 0 Å². The van der Waals surface area contributed by atoms with Gasteiger partial charge in [-0.1, -0.05) is 78.5 Å². The molecule has 0 bridgehead atoms. The minimum Gasteiger partial charge on any atom is -0.320 e. The van der Waals surface area contributed by atoms with E-state index in [0.717, 1.165) is 13.0 Å². The van der Waals surface area contributed by atoms with Crippen molar-refractivity contribution in [2.24, 2.45) is 0 Å². The number of hydrogen-bond donors (Lipinski definition) is 1. The largest absolute Gasteiger partial charge is 0.320 e. The summed E-state index contributed by atoms with van der Waals surface area (Å²) >= 11 is 0. The fourth-order valence-electron chi connectivity index (χ4n) is 1.14. The molecule has 0 atom stereocenters. The van der Waals surface area contributed by atoms with Crippen LogP contribution in [0.2, 0.25) is 0 Å². The zero-order chi connectivity index (χ0) is 15.5. The molecule has 1 rings (SSSR count). The lowest BCUT2D eigenvalue weighted by atomic mass is 10.1. The molecule has 0 fully saturated rings. The Labute approximate surface area is 122 Å². The van der Waals surface area contributed by atoms with Crippen molar-refractivity contribution in [3.8, 4) is 0 Å². The van der Waals surface area contributed by atoms with Crippen LogP contribution >= 0.6 is 0 Å². The van der Waals surface area contributed by atoms with Crippen LogP contribution in [0.1, 0.15) is 59.1 Å². The third-order valence-corrected chi connectivity index (χ3v) is 2.12. The molecule has 1 N–H and O–H groups in total. The van der Waals surface area contributed by atoms with Crippen LogP contribution in [-0.4, -0.2) is 13.6 Å². The molecule has 0 aromatic heterocycles. The lowest BCUT2D eigenvalue weighted by Crippen LogP contribution is -2.04. The van der Waals surface area contributed by atoms with Gasteiger partial charge in [0.15, 0.2) is 0 Å². The van der Waals surface area contributed by atoms with Crippen molar-refractivity contribution in [1.29, 1.82) is 0 Å². The molecule has 1 nitrogen and oxygen atoms in total. The van der Waals surface area contributed by atoms with Gasteiger partial charge >= 0.3 is 0 Å². The summed E-state index contributed by atoms with van der Waals surface area (Å²) in [6.45, 7) is 17.1. The van der Waals surface area contributed by atoms with E-state index < -0.39 is 0 Å². The summed E-state index contributed by atoms with van der Waals surface area (Å²) in [7, 11) is 1.96. The molecule has 0 saturated heterocycles. The molecule has 112 valence electrons. The van der Waals surface area contributed by atoms with Crippen molar-refractivity contribution >= 4 is 6.08 Å². The first-order valence-corrected chi connectivity index (χ1v) is 7.64. The summed E-state index contributed by atoms with van der Waals surface area (Å²) in [6, 6.07) is 8.45. The fourth-order valence-corrected chi connectivity index (χ4v) is 1.14. The second-order valence-corrected chi connectivity index (χ2v) is 3.40. The van der Waals surface area contributed by atoms with Gasteiger partial charge in [-0.25, -0.2) is 0 Å². The van der Waals surface area contributed by atoms with Gasteiger partial charge in [0, 0.05) is 0 Å². The van der Waals surface area contributed by atoms with E-state index in [1.54, 1.807) is 0 Å². The Hall–Kier alpha value is -1.08. The minimum absolute atomic E-state index is 1.11. The van der Waals surface area contributed by atoms with E-state index in [0.29, 0.717) is 0 Å². The van der Waals surface area contributed by atoms with Crippen LogP contribution in [0.25, 0.3) is 6.08 Å². The standard InChI is InChI=1S/C10H12.C4H11N.2C2H6/c1-3-9-5-7-10(4-2)8-6-9;1-3-4-5-2;2*1-2/h3,5-8H,1,4H2,2H3;5H,3-4H2,1-2H3;2*1-2H3. The summed E-state index contributed by atoms with van der Waals surface area (Å²) in [5, 5.41) is 3.02. The summed E-state index contributed by atoms with van der Waals surface area (Å²) in [4.78, 5) is 0. The molecule has 0 saturated carbocycles. The van der Waals surface area contributed by atoms with Gasteiger partial charge in [0.1, 0.15) is 0 Å². The number of nitrogens with one attached hydrogen (secondary N) is 1. The third kappa shape index (κ3) is 16.9.